The van der Waals surface area contributed by atoms with E-state index in [-0.39, 0.29) is 0 Å². The van der Waals surface area contributed by atoms with Gasteiger partial charge in [-0.3, -0.25) is 0 Å². The van der Waals surface area contributed by atoms with Crippen LogP contribution in [0.2, 0.25) is 10.0 Å². The molecule has 0 spiro atoms. The van der Waals surface area contributed by atoms with E-state index in [4.69, 9.17) is 28.9 Å². The van der Waals surface area contributed by atoms with E-state index >= 15 is 0 Å². The van der Waals surface area contributed by atoms with Crippen molar-refractivity contribution in [2.24, 2.45) is 11.7 Å². The standard InChI is InChI=1S/C14H19Cl2N/c15-12-7-4-8-13(16)14(12)11(9-17)10-5-2-1-3-6-10/h4,7-8,10-11H,1-3,5-6,9,17H2. The van der Waals surface area contributed by atoms with Crippen LogP contribution in [0.5, 0.6) is 0 Å². The molecule has 3 heteroatoms. The highest BCUT2D eigenvalue weighted by atomic mass is 35.5. The Bertz CT molecular complexity index is 352. The second kappa shape index (κ2) is 6.08. The molecular formula is C14H19Cl2N. The van der Waals surface area contributed by atoms with Gasteiger partial charge in [-0.1, -0.05) is 48.5 Å². The van der Waals surface area contributed by atoms with Crippen molar-refractivity contribution in [2.45, 2.75) is 38.0 Å². The van der Waals surface area contributed by atoms with E-state index < -0.39 is 0 Å². The lowest BCUT2D eigenvalue weighted by atomic mass is 9.77. The Kier molecular flexibility index (Phi) is 4.72. The minimum absolute atomic E-state index is 0.316. The zero-order valence-electron chi connectivity index (χ0n) is 9.96. The Labute approximate surface area is 113 Å². The first-order chi connectivity index (χ1) is 8.24. The highest BCUT2D eigenvalue weighted by Crippen LogP contribution is 2.40. The maximum Gasteiger partial charge on any atom is 0.0456 e. The molecule has 0 amide bonds. The summed E-state index contributed by atoms with van der Waals surface area (Å²) in [6, 6.07) is 5.71. The van der Waals surface area contributed by atoms with Crippen LogP contribution in [0.4, 0.5) is 0 Å². The second-order valence-corrected chi connectivity index (χ2v) is 5.69. The van der Waals surface area contributed by atoms with Gasteiger partial charge in [-0.25, -0.2) is 0 Å². The Balaban J connectivity index is 2.27. The van der Waals surface area contributed by atoms with Crippen LogP contribution < -0.4 is 5.73 Å². The molecule has 1 nitrogen and oxygen atoms in total. The van der Waals surface area contributed by atoms with Gasteiger partial charge in [0.15, 0.2) is 0 Å². The van der Waals surface area contributed by atoms with Crippen molar-refractivity contribution >= 4 is 23.2 Å². The van der Waals surface area contributed by atoms with Gasteiger partial charge in [0.05, 0.1) is 0 Å². The molecule has 1 unspecified atom stereocenters. The third-order valence-electron chi connectivity index (χ3n) is 3.84. The van der Waals surface area contributed by atoms with Crippen LogP contribution in [-0.2, 0) is 0 Å². The number of halogens is 2. The van der Waals surface area contributed by atoms with E-state index in [1.54, 1.807) is 0 Å². The van der Waals surface area contributed by atoms with Crippen molar-refractivity contribution in [1.82, 2.24) is 0 Å². The molecule has 1 saturated carbocycles. The maximum absolute atomic E-state index is 6.28. The summed E-state index contributed by atoms with van der Waals surface area (Å²) in [5.74, 6) is 0.961. The van der Waals surface area contributed by atoms with Crippen LogP contribution in [0.1, 0.15) is 43.6 Å². The average molecular weight is 272 g/mol. The van der Waals surface area contributed by atoms with Crippen LogP contribution in [0.15, 0.2) is 18.2 Å². The molecule has 0 aliphatic heterocycles. The summed E-state index contributed by atoms with van der Waals surface area (Å²) >= 11 is 12.6. The Hall–Kier alpha value is -0.240. The SMILES string of the molecule is NCC(c1c(Cl)cccc1Cl)C1CCCCC1. The summed E-state index contributed by atoms with van der Waals surface area (Å²) in [6.07, 6.45) is 6.48. The Morgan fingerprint density at radius 3 is 2.24 bits per heavy atom. The lowest BCUT2D eigenvalue weighted by Crippen LogP contribution is -2.24. The summed E-state index contributed by atoms with van der Waals surface area (Å²) in [5, 5.41) is 1.53. The number of hydrogen-bond acceptors (Lipinski definition) is 1. The second-order valence-electron chi connectivity index (χ2n) is 4.88. The van der Waals surface area contributed by atoms with Gasteiger partial charge in [0, 0.05) is 16.0 Å². The molecule has 1 aromatic rings. The molecule has 1 aliphatic rings. The fourth-order valence-electron chi connectivity index (χ4n) is 2.95. The highest BCUT2D eigenvalue weighted by Gasteiger charge is 2.27. The number of rotatable bonds is 3. The molecule has 0 bridgehead atoms. The molecule has 2 N–H and O–H groups in total. The first-order valence-electron chi connectivity index (χ1n) is 6.38. The minimum Gasteiger partial charge on any atom is -0.330 e. The maximum atomic E-state index is 6.28. The average Bonchev–Trinajstić information content (AvgIpc) is 2.35. The van der Waals surface area contributed by atoms with Gasteiger partial charge in [0.1, 0.15) is 0 Å². The lowest BCUT2D eigenvalue weighted by molar-refractivity contribution is 0.307. The van der Waals surface area contributed by atoms with Crippen molar-refractivity contribution in [3.8, 4) is 0 Å². The van der Waals surface area contributed by atoms with Crippen molar-refractivity contribution in [3.63, 3.8) is 0 Å². The van der Waals surface area contributed by atoms with Crippen LogP contribution in [0.3, 0.4) is 0 Å². The summed E-state index contributed by atoms with van der Waals surface area (Å²) < 4.78 is 0. The van der Waals surface area contributed by atoms with Crippen molar-refractivity contribution in [1.29, 1.82) is 0 Å². The van der Waals surface area contributed by atoms with E-state index in [0.717, 1.165) is 15.6 Å². The van der Waals surface area contributed by atoms with Crippen molar-refractivity contribution in [2.75, 3.05) is 6.54 Å². The van der Waals surface area contributed by atoms with Crippen molar-refractivity contribution < 1.29 is 0 Å². The highest BCUT2D eigenvalue weighted by molar-refractivity contribution is 6.36. The van der Waals surface area contributed by atoms with Gasteiger partial charge in [0.2, 0.25) is 0 Å². The van der Waals surface area contributed by atoms with Gasteiger partial charge in [0.25, 0.3) is 0 Å². The normalized spacial score (nSPS) is 19.2. The van der Waals surface area contributed by atoms with Crippen molar-refractivity contribution in [3.05, 3.63) is 33.8 Å². The number of benzene rings is 1. The van der Waals surface area contributed by atoms with E-state index in [0.29, 0.717) is 18.4 Å². The van der Waals surface area contributed by atoms with Gasteiger partial charge in [-0.05, 0) is 43.0 Å². The topological polar surface area (TPSA) is 26.0 Å². The smallest absolute Gasteiger partial charge is 0.0456 e. The fourth-order valence-corrected chi connectivity index (χ4v) is 3.63. The first kappa shape index (κ1) is 13.2. The van der Waals surface area contributed by atoms with Crippen LogP contribution >= 0.6 is 23.2 Å². The molecule has 0 radical (unpaired) electrons. The van der Waals surface area contributed by atoms with E-state index in [2.05, 4.69) is 0 Å². The van der Waals surface area contributed by atoms with Gasteiger partial charge in [-0.15, -0.1) is 0 Å². The molecule has 0 aromatic heterocycles. The third kappa shape index (κ3) is 2.96. The number of nitrogens with two attached hydrogens (primary N) is 1. The summed E-state index contributed by atoms with van der Waals surface area (Å²) in [6.45, 7) is 0.633. The zero-order chi connectivity index (χ0) is 12.3. The van der Waals surface area contributed by atoms with E-state index in [9.17, 15) is 0 Å². The summed E-state index contributed by atoms with van der Waals surface area (Å²) in [5.41, 5.74) is 7.02. The zero-order valence-corrected chi connectivity index (χ0v) is 11.5. The van der Waals surface area contributed by atoms with Crippen LogP contribution in [-0.4, -0.2) is 6.54 Å². The molecule has 94 valence electrons. The van der Waals surface area contributed by atoms with E-state index in [1.807, 2.05) is 18.2 Å². The molecule has 1 aliphatic carbocycles. The molecule has 17 heavy (non-hydrogen) atoms. The molecular weight excluding hydrogens is 253 g/mol. The summed E-state index contributed by atoms with van der Waals surface area (Å²) in [7, 11) is 0. The van der Waals surface area contributed by atoms with Gasteiger partial charge < -0.3 is 5.73 Å². The minimum atomic E-state index is 0.316. The predicted molar refractivity (Wildman–Crippen MR) is 74.8 cm³/mol. The fraction of sp³-hybridized carbons (Fsp3) is 0.571. The predicted octanol–water partition coefficient (Wildman–Crippen LogP) is 4.62. The quantitative estimate of drug-likeness (QED) is 0.853. The van der Waals surface area contributed by atoms with Crippen LogP contribution in [0, 0.1) is 5.92 Å². The molecule has 0 saturated heterocycles. The lowest BCUT2D eigenvalue weighted by Gasteiger charge is -2.30. The van der Waals surface area contributed by atoms with E-state index in [1.165, 1.54) is 32.1 Å². The number of hydrogen-bond donors (Lipinski definition) is 1. The van der Waals surface area contributed by atoms with Crippen LogP contribution in [0.25, 0.3) is 0 Å². The Morgan fingerprint density at radius 1 is 1.12 bits per heavy atom. The van der Waals surface area contributed by atoms with Gasteiger partial charge in [-0.2, -0.15) is 0 Å². The summed E-state index contributed by atoms with van der Waals surface area (Å²) in [4.78, 5) is 0. The third-order valence-corrected chi connectivity index (χ3v) is 4.50. The monoisotopic (exact) mass is 271 g/mol. The molecule has 1 fully saturated rings. The molecule has 2 rings (SSSR count). The van der Waals surface area contributed by atoms with Gasteiger partial charge >= 0.3 is 0 Å². The first-order valence-corrected chi connectivity index (χ1v) is 7.13. The Morgan fingerprint density at radius 2 is 1.71 bits per heavy atom. The largest absolute Gasteiger partial charge is 0.330 e. The molecule has 0 heterocycles. The molecule has 1 atom stereocenters. The molecule has 1 aromatic carbocycles.